The van der Waals surface area contributed by atoms with E-state index in [-0.39, 0.29) is 0 Å². The fourth-order valence-electron chi connectivity index (χ4n) is 3.34. The smallest absolute Gasteiger partial charge is 0.102 e. The van der Waals surface area contributed by atoms with Crippen LogP contribution in [0.1, 0.15) is 117 Å². The van der Waals surface area contributed by atoms with Crippen molar-refractivity contribution in [1.82, 2.24) is 5.32 Å². The minimum Gasteiger partial charge on any atom is -0.389 e. The van der Waals surface area contributed by atoms with Gasteiger partial charge in [0.25, 0.3) is 0 Å². The van der Waals surface area contributed by atoms with E-state index in [4.69, 9.17) is 9.84 Å². The Labute approximate surface area is 169 Å². The van der Waals surface area contributed by atoms with Crippen LogP contribution in [0.4, 0.5) is 0 Å². The molecule has 0 aliphatic rings. The fourth-order valence-corrected chi connectivity index (χ4v) is 3.34. The number of hydrogen-bond donors (Lipinski definition) is 3. The number of nitrogens with one attached hydrogen (secondary N) is 1. The molecule has 0 heterocycles. The standard InChI is InChI=1S/C23H49NO3/c1-3-4-5-6-7-8-9-10-11-12-13-14-15-16-17-18-19-27-21-23(26)20-24-22(2)25/h22-26H,3-21H2,1-2H3. The summed E-state index contributed by atoms with van der Waals surface area (Å²) in [5.74, 6) is 0. The van der Waals surface area contributed by atoms with E-state index in [0.29, 0.717) is 13.2 Å². The van der Waals surface area contributed by atoms with Crippen molar-refractivity contribution in [2.24, 2.45) is 0 Å². The Kier molecular flexibility index (Phi) is 22.0. The number of hydrogen-bond acceptors (Lipinski definition) is 4. The quantitative estimate of drug-likeness (QED) is 0.168. The summed E-state index contributed by atoms with van der Waals surface area (Å²) < 4.78 is 5.48. The van der Waals surface area contributed by atoms with E-state index in [1.54, 1.807) is 6.92 Å². The number of aliphatic hydroxyl groups is 2. The number of rotatable bonds is 22. The van der Waals surface area contributed by atoms with E-state index < -0.39 is 12.3 Å². The zero-order valence-electron chi connectivity index (χ0n) is 18.4. The van der Waals surface area contributed by atoms with Gasteiger partial charge in [-0.15, -0.1) is 0 Å². The molecule has 27 heavy (non-hydrogen) atoms. The van der Waals surface area contributed by atoms with Crippen molar-refractivity contribution in [3.63, 3.8) is 0 Å². The molecule has 0 fully saturated rings. The lowest BCUT2D eigenvalue weighted by Gasteiger charge is -2.13. The molecule has 0 aromatic carbocycles. The normalized spacial score (nSPS) is 13.8. The summed E-state index contributed by atoms with van der Waals surface area (Å²) in [6.45, 7) is 5.37. The van der Waals surface area contributed by atoms with Crippen molar-refractivity contribution < 1.29 is 14.9 Å². The van der Waals surface area contributed by atoms with Gasteiger partial charge in [-0.3, -0.25) is 5.32 Å². The van der Waals surface area contributed by atoms with Gasteiger partial charge >= 0.3 is 0 Å². The Balaban J connectivity index is 3.07. The van der Waals surface area contributed by atoms with Crippen molar-refractivity contribution in [1.29, 1.82) is 0 Å². The molecule has 0 spiro atoms. The summed E-state index contributed by atoms with van der Waals surface area (Å²) in [7, 11) is 0. The van der Waals surface area contributed by atoms with Gasteiger partial charge in [0, 0.05) is 13.2 Å². The molecule has 164 valence electrons. The summed E-state index contributed by atoms with van der Waals surface area (Å²) in [5.41, 5.74) is 0. The summed E-state index contributed by atoms with van der Waals surface area (Å²) in [6, 6.07) is 0. The second kappa shape index (κ2) is 22.1. The van der Waals surface area contributed by atoms with Gasteiger partial charge in [-0.2, -0.15) is 0 Å². The molecule has 0 aliphatic carbocycles. The predicted molar refractivity (Wildman–Crippen MR) is 116 cm³/mol. The molecule has 3 N–H and O–H groups in total. The molecule has 0 radical (unpaired) electrons. The van der Waals surface area contributed by atoms with Crippen LogP contribution in [0.5, 0.6) is 0 Å². The fraction of sp³-hybridized carbons (Fsp3) is 1.00. The SMILES string of the molecule is CCCCCCCCCCCCCCCCCCOCC(O)CNC(C)O. The van der Waals surface area contributed by atoms with Crippen LogP contribution in [0, 0.1) is 0 Å². The van der Waals surface area contributed by atoms with Gasteiger partial charge in [0.2, 0.25) is 0 Å². The van der Waals surface area contributed by atoms with Crippen LogP contribution in [-0.4, -0.2) is 42.3 Å². The molecule has 0 rings (SSSR count). The van der Waals surface area contributed by atoms with Crippen molar-refractivity contribution >= 4 is 0 Å². The summed E-state index contributed by atoms with van der Waals surface area (Å²) in [6.07, 6.45) is 20.8. The molecule has 2 unspecified atom stereocenters. The van der Waals surface area contributed by atoms with Crippen molar-refractivity contribution in [2.75, 3.05) is 19.8 Å². The van der Waals surface area contributed by atoms with Gasteiger partial charge in [-0.1, -0.05) is 103 Å². The maximum absolute atomic E-state index is 9.63. The van der Waals surface area contributed by atoms with Gasteiger partial charge < -0.3 is 14.9 Å². The predicted octanol–water partition coefficient (Wildman–Crippen LogP) is 5.55. The van der Waals surface area contributed by atoms with Crippen molar-refractivity contribution in [3.05, 3.63) is 0 Å². The highest BCUT2D eigenvalue weighted by atomic mass is 16.5. The third-order valence-corrected chi connectivity index (χ3v) is 5.10. The van der Waals surface area contributed by atoms with Gasteiger partial charge in [0.05, 0.1) is 12.7 Å². The number of ether oxygens (including phenoxy) is 1. The first-order valence-corrected chi connectivity index (χ1v) is 11.8. The molecule has 0 saturated carbocycles. The number of aliphatic hydroxyl groups excluding tert-OH is 2. The molecule has 0 aromatic rings. The third kappa shape index (κ3) is 23.8. The molecule has 0 aliphatic heterocycles. The Hall–Kier alpha value is -0.160. The lowest BCUT2D eigenvalue weighted by molar-refractivity contribution is 0.0265. The van der Waals surface area contributed by atoms with Gasteiger partial charge in [-0.05, 0) is 13.3 Å². The average molecular weight is 388 g/mol. The second-order valence-electron chi connectivity index (χ2n) is 8.12. The minimum absolute atomic E-state index is 0.346. The Morgan fingerprint density at radius 1 is 0.667 bits per heavy atom. The summed E-state index contributed by atoms with van der Waals surface area (Å²) >= 11 is 0. The molecule has 0 bridgehead atoms. The average Bonchev–Trinajstić information content (AvgIpc) is 2.65. The van der Waals surface area contributed by atoms with Crippen LogP contribution in [0.3, 0.4) is 0 Å². The molecule has 0 amide bonds. The van der Waals surface area contributed by atoms with Crippen molar-refractivity contribution in [3.8, 4) is 0 Å². The Morgan fingerprint density at radius 2 is 1.07 bits per heavy atom. The first-order chi connectivity index (χ1) is 13.2. The zero-order valence-corrected chi connectivity index (χ0v) is 18.4. The highest BCUT2D eigenvalue weighted by Crippen LogP contribution is 2.13. The highest BCUT2D eigenvalue weighted by molar-refractivity contribution is 4.58. The Morgan fingerprint density at radius 3 is 1.48 bits per heavy atom. The maximum Gasteiger partial charge on any atom is 0.102 e. The molecule has 4 nitrogen and oxygen atoms in total. The molecular formula is C23H49NO3. The van der Waals surface area contributed by atoms with Crippen LogP contribution < -0.4 is 5.32 Å². The van der Waals surface area contributed by atoms with Crippen LogP contribution in [0.15, 0.2) is 0 Å². The van der Waals surface area contributed by atoms with Crippen LogP contribution >= 0.6 is 0 Å². The Bertz CT molecular complexity index is 274. The zero-order chi connectivity index (χ0) is 20.0. The minimum atomic E-state index is -0.583. The maximum atomic E-state index is 9.63. The van der Waals surface area contributed by atoms with Gasteiger partial charge in [-0.25, -0.2) is 0 Å². The topological polar surface area (TPSA) is 61.7 Å². The monoisotopic (exact) mass is 387 g/mol. The largest absolute Gasteiger partial charge is 0.389 e. The highest BCUT2D eigenvalue weighted by Gasteiger charge is 2.05. The second-order valence-corrected chi connectivity index (χ2v) is 8.12. The van der Waals surface area contributed by atoms with Crippen LogP contribution in [0.25, 0.3) is 0 Å². The van der Waals surface area contributed by atoms with Gasteiger partial charge in [0.15, 0.2) is 0 Å². The molecule has 0 saturated heterocycles. The lowest BCUT2D eigenvalue weighted by Crippen LogP contribution is -2.35. The third-order valence-electron chi connectivity index (χ3n) is 5.10. The molecule has 2 atom stereocenters. The molecular weight excluding hydrogens is 338 g/mol. The summed E-state index contributed by atoms with van der Waals surface area (Å²) in [4.78, 5) is 0. The molecule has 0 aromatic heterocycles. The number of unbranched alkanes of at least 4 members (excludes halogenated alkanes) is 15. The van der Waals surface area contributed by atoms with E-state index in [0.717, 1.165) is 13.0 Å². The van der Waals surface area contributed by atoms with Gasteiger partial charge in [0.1, 0.15) is 6.23 Å². The van der Waals surface area contributed by atoms with Crippen LogP contribution in [-0.2, 0) is 4.74 Å². The van der Waals surface area contributed by atoms with E-state index in [1.165, 1.54) is 96.3 Å². The van der Waals surface area contributed by atoms with Crippen molar-refractivity contribution in [2.45, 2.75) is 129 Å². The van der Waals surface area contributed by atoms with E-state index in [1.807, 2.05) is 0 Å². The summed E-state index contributed by atoms with van der Waals surface area (Å²) in [5, 5.41) is 21.5. The first-order valence-electron chi connectivity index (χ1n) is 11.8. The van der Waals surface area contributed by atoms with Crippen LogP contribution in [0.2, 0.25) is 0 Å². The first kappa shape index (κ1) is 26.8. The molecule has 4 heteroatoms. The lowest BCUT2D eigenvalue weighted by atomic mass is 10.0. The van der Waals surface area contributed by atoms with E-state index >= 15 is 0 Å². The van der Waals surface area contributed by atoms with E-state index in [9.17, 15) is 5.11 Å². The van der Waals surface area contributed by atoms with E-state index in [2.05, 4.69) is 12.2 Å².